The van der Waals surface area contributed by atoms with E-state index in [1.54, 1.807) is 45.0 Å². The molecule has 1 fully saturated rings. The molecule has 0 radical (unpaired) electrons. The van der Waals surface area contributed by atoms with Crippen LogP contribution in [0.5, 0.6) is 5.88 Å². The van der Waals surface area contributed by atoms with Gasteiger partial charge in [-0.05, 0) is 32.9 Å². The van der Waals surface area contributed by atoms with E-state index >= 15 is 0 Å². The van der Waals surface area contributed by atoms with Crippen LogP contribution in [0.2, 0.25) is 0 Å². The zero-order valence-corrected chi connectivity index (χ0v) is 20.1. The standard InChI is InChI=1S/C23H29F2N7O3/c1-23(2,3)35-22(33)30(4)7-8-34-21-16(9-14(24)11-27-21)18-10-15(25)13-31(18)19-5-6-32-20(29-19)17(26)12-28-32/h5-6,9,11-12,15,18H,7-8,10,13,26H2,1-4H3/t15-,18+/m0/s1. The molecule has 0 spiro atoms. The number of carbonyl (C=O) groups excluding carboxylic acids is 1. The molecule has 2 N–H and O–H groups in total. The Bertz CT molecular complexity index is 1210. The molecule has 0 aromatic carbocycles. The fraction of sp³-hybridized carbons (Fsp3) is 0.478. The van der Waals surface area contributed by atoms with Crippen molar-refractivity contribution in [2.45, 2.75) is 45.0 Å². The number of anilines is 2. The van der Waals surface area contributed by atoms with Crippen LogP contribution in [0.4, 0.5) is 25.1 Å². The summed E-state index contributed by atoms with van der Waals surface area (Å²) in [6.07, 6.45) is 2.68. The molecule has 10 nitrogen and oxygen atoms in total. The molecule has 3 aromatic rings. The van der Waals surface area contributed by atoms with Crippen LogP contribution in [-0.4, -0.2) is 69.1 Å². The van der Waals surface area contributed by atoms with Crippen molar-refractivity contribution in [1.82, 2.24) is 24.5 Å². The smallest absolute Gasteiger partial charge is 0.410 e. The van der Waals surface area contributed by atoms with Crippen LogP contribution in [0.3, 0.4) is 0 Å². The van der Waals surface area contributed by atoms with Gasteiger partial charge in [-0.3, -0.25) is 0 Å². The lowest BCUT2D eigenvalue weighted by molar-refractivity contribution is 0.0277. The molecular formula is C23H29F2N7O3. The van der Waals surface area contributed by atoms with Crippen molar-refractivity contribution in [3.8, 4) is 5.88 Å². The molecule has 0 unspecified atom stereocenters. The number of nitrogens with two attached hydrogens (primary N) is 1. The topological polar surface area (TPSA) is 111 Å². The maximum atomic E-state index is 14.6. The summed E-state index contributed by atoms with van der Waals surface area (Å²) in [5.74, 6) is 0.0803. The van der Waals surface area contributed by atoms with Crippen LogP contribution in [-0.2, 0) is 4.74 Å². The van der Waals surface area contributed by atoms with Gasteiger partial charge in [0.2, 0.25) is 5.88 Å². The normalized spacial score (nSPS) is 18.2. The Hall–Kier alpha value is -3.70. The second-order valence-corrected chi connectivity index (χ2v) is 9.45. The summed E-state index contributed by atoms with van der Waals surface area (Å²) < 4.78 is 41.5. The van der Waals surface area contributed by atoms with E-state index in [9.17, 15) is 13.6 Å². The molecule has 1 amide bonds. The Morgan fingerprint density at radius 3 is 2.86 bits per heavy atom. The fourth-order valence-electron chi connectivity index (χ4n) is 3.88. The van der Waals surface area contributed by atoms with Crippen molar-refractivity contribution in [3.05, 3.63) is 42.1 Å². The predicted octanol–water partition coefficient (Wildman–Crippen LogP) is 3.38. The van der Waals surface area contributed by atoms with E-state index < -0.39 is 29.7 Å². The van der Waals surface area contributed by atoms with Gasteiger partial charge in [-0.15, -0.1) is 0 Å². The SMILES string of the molecule is CN(CCOc1ncc(F)cc1[C@H]1C[C@H](F)CN1c1ccn2ncc(N)c2n1)C(=O)OC(C)(C)C. The summed E-state index contributed by atoms with van der Waals surface area (Å²) in [5.41, 5.74) is 6.56. The molecule has 12 heteroatoms. The van der Waals surface area contributed by atoms with E-state index in [1.807, 2.05) is 0 Å². The van der Waals surface area contributed by atoms with Crippen LogP contribution >= 0.6 is 0 Å². The lowest BCUT2D eigenvalue weighted by atomic mass is 10.1. The van der Waals surface area contributed by atoms with Crippen LogP contribution < -0.4 is 15.4 Å². The number of ether oxygens (including phenoxy) is 2. The molecule has 1 saturated heterocycles. The Morgan fingerprint density at radius 2 is 2.11 bits per heavy atom. The molecule has 188 valence electrons. The summed E-state index contributed by atoms with van der Waals surface area (Å²) in [6.45, 7) is 5.71. The number of alkyl halides is 1. The Balaban J connectivity index is 1.53. The van der Waals surface area contributed by atoms with E-state index in [-0.39, 0.29) is 32.0 Å². The Kier molecular flexibility index (Phi) is 6.64. The Labute approximate surface area is 201 Å². The molecule has 4 rings (SSSR count). The summed E-state index contributed by atoms with van der Waals surface area (Å²) in [5, 5.41) is 4.10. The quantitative estimate of drug-likeness (QED) is 0.561. The molecule has 2 atom stereocenters. The van der Waals surface area contributed by atoms with Crippen LogP contribution in [0.15, 0.2) is 30.7 Å². The second-order valence-electron chi connectivity index (χ2n) is 9.45. The number of pyridine rings is 1. The van der Waals surface area contributed by atoms with E-state index in [4.69, 9.17) is 15.2 Å². The minimum Gasteiger partial charge on any atom is -0.476 e. The number of nitrogen functional groups attached to an aromatic ring is 1. The third-order valence-electron chi connectivity index (χ3n) is 5.50. The first-order chi connectivity index (χ1) is 16.5. The zero-order chi connectivity index (χ0) is 25.3. The molecule has 4 heterocycles. The molecule has 1 aliphatic rings. The molecular weight excluding hydrogens is 460 g/mol. The highest BCUT2D eigenvalue weighted by molar-refractivity contribution is 5.67. The first-order valence-corrected chi connectivity index (χ1v) is 11.2. The van der Waals surface area contributed by atoms with Gasteiger partial charge in [-0.1, -0.05) is 0 Å². The van der Waals surface area contributed by atoms with Gasteiger partial charge in [0.1, 0.15) is 30.0 Å². The zero-order valence-electron chi connectivity index (χ0n) is 20.1. The van der Waals surface area contributed by atoms with Crippen molar-refractivity contribution < 1.29 is 23.0 Å². The highest BCUT2D eigenvalue weighted by atomic mass is 19.1. The summed E-state index contributed by atoms with van der Waals surface area (Å²) in [6, 6.07) is 2.43. The summed E-state index contributed by atoms with van der Waals surface area (Å²) >= 11 is 0. The monoisotopic (exact) mass is 489 g/mol. The van der Waals surface area contributed by atoms with Crippen molar-refractivity contribution in [2.24, 2.45) is 0 Å². The van der Waals surface area contributed by atoms with Gasteiger partial charge < -0.3 is 25.0 Å². The van der Waals surface area contributed by atoms with Gasteiger partial charge in [0.05, 0.1) is 37.2 Å². The Morgan fingerprint density at radius 1 is 1.34 bits per heavy atom. The number of nitrogens with zero attached hydrogens (tertiary/aromatic N) is 6. The number of likely N-dealkylation sites (N-methyl/N-ethyl adjacent to an activating group) is 1. The number of fused-ring (bicyclic) bond motifs is 1. The number of aromatic nitrogens is 4. The lowest BCUT2D eigenvalue weighted by Gasteiger charge is -2.27. The first-order valence-electron chi connectivity index (χ1n) is 11.2. The summed E-state index contributed by atoms with van der Waals surface area (Å²) in [4.78, 5) is 23.9. The van der Waals surface area contributed by atoms with E-state index in [1.165, 1.54) is 21.7 Å². The highest BCUT2D eigenvalue weighted by Gasteiger charge is 2.37. The molecule has 35 heavy (non-hydrogen) atoms. The molecule has 0 aliphatic carbocycles. The number of amides is 1. The van der Waals surface area contributed by atoms with E-state index in [2.05, 4.69) is 15.1 Å². The third-order valence-corrected chi connectivity index (χ3v) is 5.50. The highest BCUT2D eigenvalue weighted by Crippen LogP contribution is 2.40. The van der Waals surface area contributed by atoms with Crippen molar-refractivity contribution in [1.29, 1.82) is 0 Å². The average molecular weight is 490 g/mol. The average Bonchev–Trinajstić information content (AvgIpc) is 3.35. The number of carbonyl (C=O) groups is 1. The van der Waals surface area contributed by atoms with Crippen LogP contribution in [0.1, 0.15) is 38.8 Å². The van der Waals surface area contributed by atoms with Gasteiger partial charge in [0.15, 0.2) is 5.65 Å². The van der Waals surface area contributed by atoms with Crippen molar-refractivity contribution >= 4 is 23.2 Å². The van der Waals surface area contributed by atoms with Crippen LogP contribution in [0, 0.1) is 5.82 Å². The number of halogens is 2. The summed E-state index contributed by atoms with van der Waals surface area (Å²) in [7, 11) is 1.59. The van der Waals surface area contributed by atoms with Gasteiger partial charge in [0.25, 0.3) is 0 Å². The maximum absolute atomic E-state index is 14.6. The third kappa shape index (κ3) is 5.52. The molecule has 3 aromatic heterocycles. The van der Waals surface area contributed by atoms with Gasteiger partial charge in [-0.2, -0.15) is 5.10 Å². The first kappa shape index (κ1) is 24.4. The number of rotatable bonds is 6. The van der Waals surface area contributed by atoms with Gasteiger partial charge in [-0.25, -0.2) is 28.1 Å². The van der Waals surface area contributed by atoms with E-state index in [0.717, 1.165) is 6.20 Å². The number of hydrogen-bond donors (Lipinski definition) is 1. The van der Waals surface area contributed by atoms with Crippen molar-refractivity contribution in [3.63, 3.8) is 0 Å². The predicted molar refractivity (Wildman–Crippen MR) is 126 cm³/mol. The fourth-order valence-corrected chi connectivity index (χ4v) is 3.88. The number of hydrogen-bond acceptors (Lipinski definition) is 8. The van der Waals surface area contributed by atoms with Gasteiger partial charge >= 0.3 is 6.09 Å². The van der Waals surface area contributed by atoms with E-state index in [0.29, 0.717) is 22.7 Å². The maximum Gasteiger partial charge on any atom is 0.410 e. The minimum absolute atomic E-state index is 0.0687. The lowest BCUT2D eigenvalue weighted by Crippen LogP contribution is -2.36. The second kappa shape index (κ2) is 9.51. The van der Waals surface area contributed by atoms with Crippen LogP contribution in [0.25, 0.3) is 5.65 Å². The molecule has 0 saturated carbocycles. The molecule has 0 bridgehead atoms. The van der Waals surface area contributed by atoms with Crippen molar-refractivity contribution in [2.75, 3.05) is 37.4 Å². The minimum atomic E-state index is -1.16. The largest absolute Gasteiger partial charge is 0.476 e. The van der Waals surface area contributed by atoms with Gasteiger partial charge in [0, 0.05) is 25.2 Å². The molecule has 1 aliphatic heterocycles.